The van der Waals surface area contributed by atoms with Gasteiger partial charge in [0.05, 0.1) is 17.8 Å². The van der Waals surface area contributed by atoms with Gasteiger partial charge in [0.25, 0.3) is 0 Å². The van der Waals surface area contributed by atoms with Crippen molar-refractivity contribution in [2.45, 2.75) is 45.6 Å². The number of carbonyl (C=O) groups is 1. The number of anilines is 1. The Balaban J connectivity index is 1.18. The topological polar surface area (TPSA) is 74.2 Å². The second kappa shape index (κ2) is 7.44. The minimum Gasteiger partial charge on any atom is -0.340 e. The summed E-state index contributed by atoms with van der Waals surface area (Å²) in [6, 6.07) is 0. The first-order valence-electron chi connectivity index (χ1n) is 10.4. The Labute approximate surface area is 177 Å². The molecule has 0 aliphatic carbocycles. The Kier molecular flexibility index (Phi) is 4.84. The normalized spacial score (nSPS) is 18.6. The van der Waals surface area contributed by atoms with Crippen LogP contribution in [0.25, 0.3) is 0 Å². The number of aryl methyl sites for hydroxylation is 1. The first-order valence-corrected chi connectivity index (χ1v) is 10.4. The van der Waals surface area contributed by atoms with Crippen molar-refractivity contribution in [3.63, 3.8) is 0 Å². The van der Waals surface area contributed by atoms with Crippen LogP contribution in [-0.4, -0.2) is 45.4 Å². The number of halogens is 3. The van der Waals surface area contributed by atoms with Crippen LogP contribution in [0.2, 0.25) is 0 Å². The zero-order chi connectivity index (χ0) is 21.8. The van der Waals surface area contributed by atoms with Crippen LogP contribution < -0.4 is 10.2 Å². The highest BCUT2D eigenvalue weighted by atomic mass is 19.4. The molecule has 31 heavy (non-hydrogen) atoms. The van der Waals surface area contributed by atoms with Crippen molar-refractivity contribution in [2.24, 2.45) is 5.92 Å². The average Bonchev–Trinajstić information content (AvgIpc) is 3.14. The minimum atomic E-state index is -4.45. The second-order valence-corrected chi connectivity index (χ2v) is 8.50. The van der Waals surface area contributed by atoms with Crippen LogP contribution in [-0.2, 0) is 37.0 Å². The zero-order valence-electron chi connectivity index (χ0n) is 17.2. The van der Waals surface area contributed by atoms with Crippen LogP contribution in [0.15, 0.2) is 12.4 Å². The Morgan fingerprint density at radius 1 is 1.16 bits per heavy atom. The Morgan fingerprint density at radius 2 is 1.90 bits per heavy atom. The molecule has 7 nitrogen and oxygen atoms in total. The van der Waals surface area contributed by atoms with Crippen LogP contribution in [0.4, 0.5) is 19.1 Å². The molecule has 0 aromatic carbocycles. The van der Waals surface area contributed by atoms with Gasteiger partial charge >= 0.3 is 6.18 Å². The summed E-state index contributed by atoms with van der Waals surface area (Å²) >= 11 is 0. The number of aromatic nitrogens is 3. The molecule has 0 saturated carbocycles. The number of hydrogen-bond acceptors (Lipinski definition) is 6. The highest BCUT2D eigenvalue weighted by Crippen LogP contribution is 2.33. The third kappa shape index (κ3) is 3.73. The predicted molar refractivity (Wildman–Crippen MR) is 106 cm³/mol. The fourth-order valence-electron chi connectivity index (χ4n) is 4.67. The zero-order valence-corrected chi connectivity index (χ0v) is 17.2. The molecular weight excluding hydrogens is 409 g/mol. The van der Waals surface area contributed by atoms with Crippen LogP contribution in [0.1, 0.15) is 40.1 Å². The summed E-state index contributed by atoms with van der Waals surface area (Å²) in [6.45, 7) is 6.10. The molecule has 164 valence electrons. The van der Waals surface area contributed by atoms with Gasteiger partial charge in [-0.25, -0.2) is 9.97 Å². The van der Waals surface area contributed by atoms with Crippen molar-refractivity contribution >= 4 is 11.9 Å². The summed E-state index contributed by atoms with van der Waals surface area (Å²) in [5.74, 6) is 0.511. The van der Waals surface area contributed by atoms with Gasteiger partial charge in [0.2, 0.25) is 11.9 Å². The van der Waals surface area contributed by atoms with Gasteiger partial charge in [-0.3, -0.25) is 9.78 Å². The largest absolute Gasteiger partial charge is 0.419 e. The molecule has 0 atom stereocenters. The number of amides is 1. The van der Waals surface area contributed by atoms with Crippen molar-refractivity contribution in [1.82, 2.24) is 25.2 Å². The van der Waals surface area contributed by atoms with Crippen LogP contribution in [0.5, 0.6) is 0 Å². The van der Waals surface area contributed by atoms with E-state index in [4.69, 9.17) is 4.98 Å². The molecule has 2 aromatic heterocycles. The molecule has 0 radical (unpaired) electrons. The number of pyridine rings is 1. The molecular formula is C21H23F3N6O. The standard InChI is InChI=1S/C21H23F3N6O/c1-12-16-7-25-3-2-15(16)17-10-29(11-18(17)28-12)19(31)4-13-8-30(9-13)20-26-5-14(6-27-20)21(22,23)24/h5-6,13,25H,2-4,7-11H2,1H3. The van der Waals surface area contributed by atoms with E-state index in [1.807, 2.05) is 11.8 Å². The number of hydrogen-bond donors (Lipinski definition) is 1. The highest BCUT2D eigenvalue weighted by molar-refractivity contribution is 5.77. The van der Waals surface area contributed by atoms with Crippen molar-refractivity contribution in [2.75, 3.05) is 24.5 Å². The van der Waals surface area contributed by atoms with Gasteiger partial charge < -0.3 is 15.1 Å². The summed E-state index contributed by atoms with van der Waals surface area (Å²) in [5.41, 5.74) is 5.03. The summed E-state index contributed by atoms with van der Waals surface area (Å²) in [5, 5.41) is 3.39. The molecule has 5 heterocycles. The maximum absolute atomic E-state index is 12.9. The molecule has 0 unspecified atom stereocenters. The van der Waals surface area contributed by atoms with E-state index >= 15 is 0 Å². The Hall–Kier alpha value is -2.75. The molecule has 0 spiro atoms. The number of rotatable bonds is 3. The quantitative estimate of drug-likeness (QED) is 0.802. The lowest BCUT2D eigenvalue weighted by Gasteiger charge is -2.39. The molecule has 0 bridgehead atoms. The van der Waals surface area contributed by atoms with E-state index in [1.54, 1.807) is 4.90 Å². The number of fused-ring (bicyclic) bond motifs is 3. The number of carbonyl (C=O) groups excluding carboxylic acids is 1. The van der Waals surface area contributed by atoms with Gasteiger partial charge in [-0.2, -0.15) is 13.2 Å². The summed E-state index contributed by atoms with van der Waals surface area (Å²) in [7, 11) is 0. The fourth-order valence-corrected chi connectivity index (χ4v) is 4.67. The maximum Gasteiger partial charge on any atom is 0.419 e. The van der Waals surface area contributed by atoms with Gasteiger partial charge in [0.15, 0.2) is 0 Å². The first-order chi connectivity index (χ1) is 14.8. The van der Waals surface area contributed by atoms with E-state index in [2.05, 4.69) is 15.3 Å². The third-order valence-electron chi connectivity index (χ3n) is 6.38. The van der Waals surface area contributed by atoms with Gasteiger partial charge in [-0.15, -0.1) is 0 Å². The third-order valence-corrected chi connectivity index (χ3v) is 6.38. The fraction of sp³-hybridized carbons (Fsp3) is 0.524. The van der Waals surface area contributed by atoms with E-state index in [9.17, 15) is 18.0 Å². The lowest BCUT2D eigenvalue weighted by atomic mass is 9.94. The van der Waals surface area contributed by atoms with Gasteiger partial charge in [0, 0.05) is 56.6 Å². The van der Waals surface area contributed by atoms with E-state index in [-0.39, 0.29) is 17.8 Å². The Bertz CT molecular complexity index is 1020. The summed E-state index contributed by atoms with van der Waals surface area (Å²) in [6.07, 6.45) is -1.47. The van der Waals surface area contributed by atoms with E-state index < -0.39 is 11.7 Å². The average molecular weight is 432 g/mol. The minimum absolute atomic E-state index is 0.0938. The SMILES string of the molecule is Cc1nc2c(c3c1CNCC3)CN(C(=O)CC1CN(c3ncc(C(F)(F)F)cn3)C1)C2. The van der Waals surface area contributed by atoms with Crippen molar-refractivity contribution < 1.29 is 18.0 Å². The van der Waals surface area contributed by atoms with Crippen molar-refractivity contribution in [1.29, 1.82) is 0 Å². The summed E-state index contributed by atoms with van der Waals surface area (Å²) in [4.78, 5) is 28.9. The molecule has 1 amide bonds. The van der Waals surface area contributed by atoms with Gasteiger partial charge in [-0.05, 0) is 36.6 Å². The Morgan fingerprint density at radius 3 is 2.61 bits per heavy atom. The predicted octanol–water partition coefficient (Wildman–Crippen LogP) is 2.21. The van der Waals surface area contributed by atoms with Gasteiger partial charge in [0.1, 0.15) is 0 Å². The molecule has 5 rings (SSSR count). The smallest absolute Gasteiger partial charge is 0.340 e. The molecule has 1 N–H and O–H groups in total. The molecule has 3 aliphatic rings. The van der Waals surface area contributed by atoms with Crippen LogP contribution >= 0.6 is 0 Å². The van der Waals surface area contributed by atoms with Crippen LogP contribution in [0, 0.1) is 12.8 Å². The van der Waals surface area contributed by atoms with Crippen molar-refractivity contribution in [3.8, 4) is 0 Å². The molecule has 3 aliphatic heterocycles. The van der Waals surface area contributed by atoms with E-state index in [0.717, 1.165) is 43.3 Å². The molecule has 10 heteroatoms. The molecule has 1 saturated heterocycles. The number of alkyl halides is 3. The number of nitrogens with zero attached hydrogens (tertiary/aromatic N) is 5. The van der Waals surface area contributed by atoms with Crippen LogP contribution in [0.3, 0.4) is 0 Å². The lowest BCUT2D eigenvalue weighted by Crippen LogP contribution is -2.49. The number of nitrogens with one attached hydrogen (secondary N) is 1. The monoisotopic (exact) mass is 432 g/mol. The van der Waals surface area contributed by atoms with Gasteiger partial charge in [-0.1, -0.05) is 0 Å². The lowest BCUT2D eigenvalue weighted by molar-refractivity contribution is -0.138. The van der Waals surface area contributed by atoms with E-state index in [1.165, 1.54) is 16.7 Å². The van der Waals surface area contributed by atoms with E-state index in [0.29, 0.717) is 32.6 Å². The highest BCUT2D eigenvalue weighted by Gasteiger charge is 2.36. The maximum atomic E-state index is 12.9. The molecule has 1 fully saturated rings. The summed E-state index contributed by atoms with van der Waals surface area (Å²) < 4.78 is 37.9. The molecule has 2 aromatic rings. The first kappa shape index (κ1) is 20.2. The van der Waals surface area contributed by atoms with Crippen molar-refractivity contribution in [3.05, 3.63) is 46.0 Å². The second-order valence-electron chi connectivity index (χ2n) is 8.50.